The van der Waals surface area contributed by atoms with E-state index in [1.54, 1.807) is 43.1 Å². The van der Waals surface area contributed by atoms with E-state index in [2.05, 4.69) is 36.2 Å². The van der Waals surface area contributed by atoms with Crippen molar-refractivity contribution < 1.29 is 61.8 Å². The molecular formula is C58H79N7O13S. The second-order valence-corrected chi connectivity index (χ2v) is 21.7. The molecule has 0 radical (unpaired) electrons. The highest BCUT2D eigenvalue weighted by Crippen LogP contribution is 2.41. The molecule has 3 aromatic rings. The van der Waals surface area contributed by atoms with Crippen molar-refractivity contribution in [1.82, 2.24) is 25.0 Å². The van der Waals surface area contributed by atoms with Crippen molar-refractivity contribution in [2.24, 2.45) is 9.98 Å². The second kappa shape index (κ2) is 30.5. The zero-order valence-corrected chi connectivity index (χ0v) is 48.0. The molecule has 79 heavy (non-hydrogen) atoms. The van der Waals surface area contributed by atoms with Gasteiger partial charge >= 0.3 is 0 Å². The lowest BCUT2D eigenvalue weighted by Crippen LogP contribution is -2.38. The Bertz CT molecular complexity index is 2530. The molecule has 1 aromatic heterocycles. The lowest BCUT2D eigenvalue weighted by atomic mass is 10.1. The van der Waals surface area contributed by atoms with Gasteiger partial charge in [0.05, 0.1) is 112 Å². The van der Waals surface area contributed by atoms with Gasteiger partial charge in [0, 0.05) is 94.5 Å². The number of nitrogens with one attached hydrogen (secondary N) is 1. The zero-order valence-electron chi connectivity index (χ0n) is 47.2. The molecule has 5 heterocycles. The highest BCUT2D eigenvalue weighted by molar-refractivity contribution is 8.01. The minimum atomic E-state index is -0.240. The van der Waals surface area contributed by atoms with Crippen molar-refractivity contribution in [2.75, 3.05) is 133 Å². The lowest BCUT2D eigenvalue weighted by molar-refractivity contribution is -0.118. The highest BCUT2D eigenvalue weighted by Gasteiger charge is 2.36. The molecule has 0 bridgehead atoms. The Morgan fingerprint density at radius 1 is 0.684 bits per heavy atom. The number of carbonyl (C=O) groups is 3. The van der Waals surface area contributed by atoms with Crippen LogP contribution in [0, 0.1) is 0 Å². The lowest BCUT2D eigenvalue weighted by Gasteiger charge is -2.29. The summed E-state index contributed by atoms with van der Waals surface area (Å²) in [4.78, 5) is 60.5. The highest BCUT2D eigenvalue weighted by atomic mass is 32.2. The van der Waals surface area contributed by atoms with E-state index in [4.69, 9.17) is 62.3 Å². The summed E-state index contributed by atoms with van der Waals surface area (Å²) in [6.45, 7) is 16.1. The van der Waals surface area contributed by atoms with Gasteiger partial charge in [-0.1, -0.05) is 23.3 Å². The Balaban J connectivity index is 0.923. The average Bonchev–Trinajstić information content (AvgIpc) is 4.18. The number of thioether (sulfide) groups is 1. The first-order valence-corrected chi connectivity index (χ1v) is 28.0. The molecule has 430 valence electrons. The summed E-state index contributed by atoms with van der Waals surface area (Å²) < 4.78 is 57.6. The van der Waals surface area contributed by atoms with Gasteiger partial charge in [0.25, 0.3) is 11.8 Å². The molecular weight excluding hydrogens is 1030 g/mol. The van der Waals surface area contributed by atoms with Gasteiger partial charge in [-0.2, -0.15) is 0 Å². The van der Waals surface area contributed by atoms with Gasteiger partial charge < -0.3 is 67.4 Å². The van der Waals surface area contributed by atoms with Gasteiger partial charge in [-0.3, -0.25) is 29.4 Å². The smallest absolute Gasteiger partial charge is 0.257 e. The molecule has 1 N–H and O–H groups in total. The monoisotopic (exact) mass is 1110 g/mol. The van der Waals surface area contributed by atoms with Crippen LogP contribution in [0.1, 0.15) is 79.1 Å². The number of pyridine rings is 1. The van der Waals surface area contributed by atoms with Crippen molar-refractivity contribution in [3.05, 3.63) is 82.2 Å². The molecule has 21 heteroatoms. The number of hydrogen-bond donors (Lipinski definition) is 1. The summed E-state index contributed by atoms with van der Waals surface area (Å²) in [5.41, 5.74) is 5.37. The second-order valence-electron chi connectivity index (χ2n) is 20.0. The number of aliphatic imine (C=N–C) groups is 2. The summed E-state index contributed by atoms with van der Waals surface area (Å²) in [7, 11) is 6.77. The Kier molecular flexibility index (Phi) is 23.4. The third-order valence-electron chi connectivity index (χ3n) is 13.6. The molecule has 2 atom stereocenters. The first-order valence-electron chi connectivity index (χ1n) is 27.0. The van der Waals surface area contributed by atoms with Crippen molar-refractivity contribution in [3.63, 3.8) is 0 Å². The predicted octanol–water partition coefficient (Wildman–Crippen LogP) is 7.05. The number of amides is 3. The van der Waals surface area contributed by atoms with Gasteiger partial charge in [0.1, 0.15) is 25.6 Å². The maximum atomic E-state index is 13.8. The number of nitrogens with zero attached hydrogens (tertiary/aromatic N) is 6. The van der Waals surface area contributed by atoms with Crippen LogP contribution < -0.4 is 29.0 Å². The molecule has 2 saturated heterocycles. The molecule has 3 amide bonds. The SMILES string of the molecule is CC=C1CC2C=Nc3cc(OCc4cc(OCCN(C)CC(C)(C)SCC(=O)NCCOCCOCCOCCOCCCOC)cc(COc5cc6c(cc5OC)C(=O)N5CC(=CC)CC5C=N6)n4)c(OC)cc3C(=O)N2C1. The predicted molar refractivity (Wildman–Crippen MR) is 304 cm³/mol. The van der Waals surface area contributed by atoms with Gasteiger partial charge in [0.2, 0.25) is 5.91 Å². The number of likely N-dealkylation sites (N-methyl/N-ethyl adjacent to an activating group) is 1. The molecule has 4 aliphatic heterocycles. The van der Waals surface area contributed by atoms with E-state index in [-0.39, 0.29) is 47.8 Å². The topological polar surface area (TPSA) is 203 Å². The normalized spacial score (nSPS) is 17.7. The van der Waals surface area contributed by atoms with Crippen LogP contribution in [0.15, 0.2) is 69.7 Å². The van der Waals surface area contributed by atoms with Crippen molar-refractivity contribution in [1.29, 1.82) is 0 Å². The number of fused-ring (bicyclic) bond motifs is 4. The van der Waals surface area contributed by atoms with E-state index in [1.807, 2.05) is 55.3 Å². The molecule has 2 fully saturated rings. The van der Waals surface area contributed by atoms with Crippen molar-refractivity contribution in [3.8, 4) is 28.7 Å². The van der Waals surface area contributed by atoms with Crippen LogP contribution >= 0.6 is 11.8 Å². The van der Waals surface area contributed by atoms with Gasteiger partial charge in [-0.15, -0.1) is 11.8 Å². The molecule has 0 aliphatic carbocycles. The van der Waals surface area contributed by atoms with E-state index in [0.29, 0.717) is 167 Å². The standard InChI is InChI=1S/C58H79N7O13S/c1-9-40-24-44-32-60-49-30-53(51(70-7)28-47(49)56(67)64(44)34-40)77-36-42-26-46(27-43(62-42)37-78-54-31-50-48(29-52(54)71-8)57(68)65-35-41(10-2)25-45(65)33-61-50)76-17-13-63(5)39-58(3,4)79-38-55(66)59-12-16-73-19-21-75-23-22-74-20-18-72-15-11-14-69-6/h9-10,26-33,44-45H,11-25,34-39H2,1-8H3,(H,59,66). The minimum Gasteiger partial charge on any atom is -0.493 e. The number of methoxy groups -OCH3 is 3. The van der Waals surface area contributed by atoms with Crippen LogP contribution in [0.25, 0.3) is 0 Å². The number of hydrogen-bond acceptors (Lipinski definition) is 18. The largest absolute Gasteiger partial charge is 0.493 e. The van der Waals surface area contributed by atoms with E-state index in [0.717, 1.165) is 19.3 Å². The van der Waals surface area contributed by atoms with Crippen molar-refractivity contribution in [2.45, 2.75) is 77.0 Å². The Morgan fingerprint density at radius 2 is 1.19 bits per heavy atom. The van der Waals surface area contributed by atoms with Gasteiger partial charge in [0.15, 0.2) is 23.0 Å². The van der Waals surface area contributed by atoms with E-state index in [9.17, 15) is 14.4 Å². The number of aromatic nitrogens is 1. The third kappa shape index (κ3) is 17.7. The Hall–Kier alpha value is -6.07. The Morgan fingerprint density at radius 3 is 1.68 bits per heavy atom. The quantitative estimate of drug-likeness (QED) is 0.0480. The molecule has 2 unspecified atom stereocenters. The van der Waals surface area contributed by atoms with Crippen LogP contribution in [0.2, 0.25) is 0 Å². The molecule has 7 rings (SSSR count). The van der Waals surface area contributed by atoms with E-state index in [1.165, 1.54) is 25.4 Å². The fourth-order valence-electron chi connectivity index (χ4n) is 9.42. The molecule has 0 saturated carbocycles. The molecule has 20 nitrogen and oxygen atoms in total. The maximum absolute atomic E-state index is 13.8. The van der Waals surface area contributed by atoms with Crippen LogP contribution in [-0.4, -0.2) is 200 Å². The summed E-state index contributed by atoms with van der Waals surface area (Å²) in [5.74, 6) is 2.16. The van der Waals surface area contributed by atoms with Gasteiger partial charge in [-0.25, -0.2) is 0 Å². The number of ether oxygens (including phenoxy) is 10. The van der Waals surface area contributed by atoms with Crippen LogP contribution in [0.5, 0.6) is 28.7 Å². The number of benzene rings is 2. The molecule has 0 spiro atoms. The maximum Gasteiger partial charge on any atom is 0.257 e. The zero-order chi connectivity index (χ0) is 56.2. The fraction of sp³-hybridized carbons (Fsp3) is 0.552. The minimum absolute atomic E-state index is 0.0212. The van der Waals surface area contributed by atoms with E-state index < -0.39 is 0 Å². The average molecular weight is 1110 g/mol. The Labute approximate surface area is 469 Å². The van der Waals surface area contributed by atoms with Crippen molar-refractivity contribution >= 4 is 53.3 Å². The van der Waals surface area contributed by atoms with Crippen LogP contribution in [0.4, 0.5) is 11.4 Å². The van der Waals surface area contributed by atoms with Gasteiger partial charge in [-0.05, 0) is 66.1 Å². The third-order valence-corrected chi connectivity index (χ3v) is 14.9. The number of allylic oxidation sites excluding steroid dienone is 2. The summed E-state index contributed by atoms with van der Waals surface area (Å²) in [6.07, 6.45) is 10.1. The number of carbonyl (C=O) groups excluding carboxylic acids is 3. The first-order chi connectivity index (χ1) is 38.3. The number of rotatable bonds is 33. The molecule has 4 aliphatic rings. The summed E-state index contributed by atoms with van der Waals surface area (Å²) in [5, 5.41) is 2.94. The summed E-state index contributed by atoms with van der Waals surface area (Å²) >= 11 is 1.59. The van der Waals surface area contributed by atoms with Crippen LogP contribution in [0.3, 0.4) is 0 Å². The summed E-state index contributed by atoms with van der Waals surface area (Å²) in [6, 6.07) is 10.2. The molecule has 2 aromatic carbocycles. The fourth-order valence-corrected chi connectivity index (χ4v) is 10.4. The van der Waals surface area contributed by atoms with Crippen LogP contribution in [-0.2, 0) is 41.7 Å². The van der Waals surface area contributed by atoms with E-state index >= 15 is 0 Å². The first kappa shape index (κ1) is 60.6.